The maximum absolute atomic E-state index is 5.05. The first-order valence-electron chi connectivity index (χ1n) is 12.0. The lowest BCUT2D eigenvalue weighted by Gasteiger charge is -2.04. The number of nitrogens with zero attached hydrogens (tertiary/aromatic N) is 1. The van der Waals surface area contributed by atoms with E-state index in [1.165, 1.54) is 128 Å². The minimum Gasteiger partial charge on any atom is -0.257 e. The molecule has 28 heavy (non-hydrogen) atoms. The highest BCUT2D eigenvalue weighted by Crippen LogP contribution is 2.22. The molecule has 1 heterocycles. The summed E-state index contributed by atoms with van der Waals surface area (Å²) in [5.41, 5.74) is 0. The molecule has 164 valence electrons. The quantitative estimate of drug-likeness (QED) is 0.116. The fourth-order valence-electron chi connectivity index (χ4n) is 3.62. The summed E-state index contributed by atoms with van der Waals surface area (Å²) in [6, 6.07) is 0. The SMILES string of the molecule is CCCCCCCCCCCCCCCCCCCCCSc1n[nH]c(=S)s1. The van der Waals surface area contributed by atoms with E-state index in [1.54, 1.807) is 11.3 Å². The van der Waals surface area contributed by atoms with Gasteiger partial charge in [-0.3, -0.25) is 5.10 Å². The number of rotatable bonds is 21. The maximum Gasteiger partial charge on any atom is 0.177 e. The van der Waals surface area contributed by atoms with Crippen LogP contribution >= 0.6 is 35.3 Å². The molecule has 0 aliphatic heterocycles. The van der Waals surface area contributed by atoms with Gasteiger partial charge in [-0.1, -0.05) is 146 Å². The van der Waals surface area contributed by atoms with Gasteiger partial charge >= 0.3 is 0 Å². The number of aromatic amines is 1. The molecule has 0 saturated heterocycles. The zero-order chi connectivity index (χ0) is 20.1. The Hall–Kier alpha value is 0.130. The average molecular weight is 445 g/mol. The molecule has 0 amide bonds. The molecule has 0 aliphatic rings. The van der Waals surface area contributed by atoms with Crippen molar-refractivity contribution in [3.8, 4) is 0 Å². The van der Waals surface area contributed by atoms with E-state index in [0.29, 0.717) is 0 Å². The van der Waals surface area contributed by atoms with Gasteiger partial charge in [0.15, 0.2) is 8.29 Å². The summed E-state index contributed by atoms with van der Waals surface area (Å²) in [5, 5.41) is 7.03. The van der Waals surface area contributed by atoms with E-state index >= 15 is 0 Å². The first-order valence-corrected chi connectivity index (χ1v) is 14.2. The van der Waals surface area contributed by atoms with Gasteiger partial charge in [0.25, 0.3) is 0 Å². The fraction of sp³-hybridized carbons (Fsp3) is 0.913. The van der Waals surface area contributed by atoms with Crippen molar-refractivity contribution >= 4 is 35.3 Å². The third kappa shape index (κ3) is 17.0. The molecule has 0 radical (unpaired) electrons. The zero-order valence-electron chi connectivity index (χ0n) is 18.3. The minimum absolute atomic E-state index is 0.788. The maximum atomic E-state index is 5.05. The lowest BCUT2D eigenvalue weighted by atomic mass is 10.0. The van der Waals surface area contributed by atoms with E-state index < -0.39 is 0 Å². The zero-order valence-corrected chi connectivity index (χ0v) is 20.8. The monoisotopic (exact) mass is 444 g/mol. The van der Waals surface area contributed by atoms with Gasteiger partial charge in [-0.25, -0.2) is 0 Å². The van der Waals surface area contributed by atoms with Gasteiger partial charge < -0.3 is 0 Å². The topological polar surface area (TPSA) is 28.7 Å². The van der Waals surface area contributed by atoms with Crippen molar-refractivity contribution in [3.05, 3.63) is 3.95 Å². The van der Waals surface area contributed by atoms with Crippen molar-refractivity contribution in [2.75, 3.05) is 5.75 Å². The van der Waals surface area contributed by atoms with Crippen LogP contribution in [0.2, 0.25) is 0 Å². The smallest absolute Gasteiger partial charge is 0.177 e. The number of unbranched alkanes of at least 4 members (excludes halogenated alkanes) is 18. The lowest BCUT2D eigenvalue weighted by molar-refractivity contribution is 0.524. The first kappa shape index (κ1) is 26.2. The van der Waals surface area contributed by atoms with E-state index in [0.717, 1.165) is 8.29 Å². The van der Waals surface area contributed by atoms with Crippen LogP contribution in [0.4, 0.5) is 0 Å². The van der Waals surface area contributed by atoms with Crippen LogP contribution in [0.3, 0.4) is 0 Å². The molecular weight excluding hydrogens is 400 g/mol. The average Bonchev–Trinajstić information content (AvgIpc) is 3.11. The van der Waals surface area contributed by atoms with Gasteiger partial charge in [-0.15, -0.1) is 0 Å². The fourth-order valence-corrected chi connectivity index (χ4v) is 5.77. The molecule has 1 aromatic heterocycles. The molecule has 1 rings (SSSR count). The van der Waals surface area contributed by atoms with E-state index in [1.807, 2.05) is 11.8 Å². The highest BCUT2D eigenvalue weighted by Gasteiger charge is 1.99. The van der Waals surface area contributed by atoms with E-state index in [4.69, 9.17) is 12.2 Å². The second kappa shape index (κ2) is 20.4. The Morgan fingerprint density at radius 1 is 0.679 bits per heavy atom. The predicted octanol–water partition coefficient (Wildman–Crippen LogP) is 9.72. The van der Waals surface area contributed by atoms with E-state index in [2.05, 4.69) is 17.1 Å². The predicted molar refractivity (Wildman–Crippen MR) is 131 cm³/mol. The molecule has 5 heteroatoms. The van der Waals surface area contributed by atoms with Crippen LogP contribution in [-0.4, -0.2) is 16.0 Å². The van der Waals surface area contributed by atoms with Crippen molar-refractivity contribution in [1.82, 2.24) is 10.2 Å². The highest BCUT2D eigenvalue weighted by atomic mass is 32.2. The lowest BCUT2D eigenvalue weighted by Crippen LogP contribution is -1.85. The Morgan fingerprint density at radius 3 is 1.43 bits per heavy atom. The molecule has 0 atom stereocenters. The second-order valence-corrected chi connectivity index (χ2v) is 11.1. The number of hydrogen-bond donors (Lipinski definition) is 1. The van der Waals surface area contributed by atoms with Gasteiger partial charge in [-0.2, -0.15) is 5.10 Å². The molecule has 0 fully saturated rings. The third-order valence-corrected chi connectivity index (χ3v) is 7.71. The summed E-state index contributed by atoms with van der Waals surface area (Å²) in [7, 11) is 0. The van der Waals surface area contributed by atoms with Gasteiger partial charge in [0.05, 0.1) is 0 Å². The molecule has 1 aromatic rings. The molecule has 0 spiro atoms. The highest BCUT2D eigenvalue weighted by molar-refractivity contribution is 8.01. The molecule has 2 nitrogen and oxygen atoms in total. The van der Waals surface area contributed by atoms with Gasteiger partial charge in [0, 0.05) is 5.75 Å². The molecule has 0 aliphatic carbocycles. The van der Waals surface area contributed by atoms with Crippen LogP contribution in [0, 0.1) is 3.95 Å². The summed E-state index contributed by atoms with van der Waals surface area (Å²) < 4.78 is 1.88. The Bertz CT molecular complexity index is 484. The van der Waals surface area contributed by atoms with Gasteiger partial charge in [0.2, 0.25) is 0 Å². The largest absolute Gasteiger partial charge is 0.257 e. The van der Waals surface area contributed by atoms with Crippen LogP contribution < -0.4 is 0 Å². The summed E-state index contributed by atoms with van der Waals surface area (Å²) in [4.78, 5) is 0. The van der Waals surface area contributed by atoms with Gasteiger partial charge in [0.1, 0.15) is 0 Å². The Balaban J connectivity index is 1.67. The number of H-pyrrole nitrogens is 1. The van der Waals surface area contributed by atoms with E-state index in [-0.39, 0.29) is 0 Å². The van der Waals surface area contributed by atoms with Crippen molar-refractivity contribution in [1.29, 1.82) is 0 Å². The summed E-state index contributed by atoms with van der Waals surface area (Å²) in [6.45, 7) is 2.30. The number of aromatic nitrogens is 2. The van der Waals surface area contributed by atoms with Crippen LogP contribution in [0.25, 0.3) is 0 Å². The van der Waals surface area contributed by atoms with Gasteiger partial charge in [-0.05, 0) is 18.6 Å². The van der Waals surface area contributed by atoms with Crippen molar-refractivity contribution in [2.45, 2.75) is 133 Å². The first-order chi connectivity index (χ1) is 13.8. The van der Waals surface area contributed by atoms with Crippen molar-refractivity contribution in [3.63, 3.8) is 0 Å². The Kier molecular flexibility index (Phi) is 19.1. The van der Waals surface area contributed by atoms with E-state index in [9.17, 15) is 0 Å². The minimum atomic E-state index is 0.788. The Labute approximate surface area is 188 Å². The molecule has 0 saturated carbocycles. The standard InChI is InChI=1S/C23H44N2S3/c1-2-3-4-5-6-7-8-9-10-11-12-13-14-15-16-17-18-19-20-21-27-23-25-24-22(26)28-23/h2-21H2,1H3,(H,24,26). The second-order valence-electron chi connectivity index (χ2n) is 8.09. The molecule has 0 aromatic carbocycles. The number of hydrogen-bond acceptors (Lipinski definition) is 4. The third-order valence-electron chi connectivity index (χ3n) is 5.39. The van der Waals surface area contributed by atoms with Crippen LogP contribution in [0.5, 0.6) is 0 Å². The van der Waals surface area contributed by atoms with Crippen molar-refractivity contribution < 1.29 is 0 Å². The number of nitrogens with one attached hydrogen (secondary N) is 1. The van der Waals surface area contributed by atoms with Crippen LogP contribution in [0.15, 0.2) is 4.34 Å². The molecule has 0 unspecified atom stereocenters. The van der Waals surface area contributed by atoms with Crippen LogP contribution in [-0.2, 0) is 0 Å². The van der Waals surface area contributed by atoms with Crippen LogP contribution in [0.1, 0.15) is 129 Å². The summed E-state index contributed by atoms with van der Waals surface area (Å²) >= 11 is 8.48. The van der Waals surface area contributed by atoms with Crippen molar-refractivity contribution in [2.24, 2.45) is 0 Å². The summed E-state index contributed by atoms with van der Waals surface area (Å²) in [5.74, 6) is 1.18. The Morgan fingerprint density at radius 2 is 1.07 bits per heavy atom. The molecule has 0 bridgehead atoms. The normalized spacial score (nSPS) is 11.3. The molecular formula is C23H44N2S3. The number of thioether (sulfide) groups is 1. The molecule has 1 N–H and O–H groups in total. The summed E-state index contributed by atoms with van der Waals surface area (Å²) in [6.07, 6.45) is 27.3.